The Morgan fingerprint density at radius 2 is 1.67 bits per heavy atom. The maximum absolute atomic E-state index is 12.4. The van der Waals surface area contributed by atoms with Crippen molar-refractivity contribution in [1.29, 1.82) is 0 Å². The van der Waals surface area contributed by atoms with E-state index in [-0.39, 0.29) is 5.84 Å². The molecular formula is C14H19N2O2+. The van der Waals surface area contributed by atoms with E-state index in [9.17, 15) is 10.4 Å². The van der Waals surface area contributed by atoms with E-state index >= 15 is 0 Å². The lowest BCUT2D eigenvalue weighted by molar-refractivity contribution is -0.854. The Hall–Kier alpha value is -1.55. The van der Waals surface area contributed by atoms with Crippen molar-refractivity contribution in [3.05, 3.63) is 35.4 Å². The molecule has 1 aromatic carbocycles. The Kier molecular flexibility index (Phi) is 2.66. The zero-order valence-corrected chi connectivity index (χ0v) is 11.5. The molecule has 0 atom stereocenters. The van der Waals surface area contributed by atoms with Gasteiger partial charge >= 0.3 is 5.84 Å². The third kappa shape index (κ3) is 1.45. The minimum Gasteiger partial charge on any atom is -0.0656 e. The van der Waals surface area contributed by atoms with Crippen LogP contribution in [0.25, 0.3) is 0 Å². The summed E-state index contributed by atoms with van der Waals surface area (Å²) in [5, 5.41) is 25.7. The zero-order valence-electron chi connectivity index (χ0n) is 11.5. The summed E-state index contributed by atoms with van der Waals surface area (Å²) in [6.45, 7) is 9.11. The normalized spacial score (nSPS) is 21.6. The van der Waals surface area contributed by atoms with Gasteiger partial charge in [-0.1, -0.05) is 28.5 Å². The number of hydrogen-bond donors (Lipinski definition) is 0. The van der Waals surface area contributed by atoms with Crippen LogP contribution in [-0.4, -0.2) is 26.7 Å². The van der Waals surface area contributed by atoms with Crippen LogP contribution >= 0.6 is 0 Å². The van der Waals surface area contributed by atoms with Gasteiger partial charge in [-0.25, -0.2) is 0 Å². The van der Waals surface area contributed by atoms with Crippen LogP contribution in [-0.2, 0) is 10.4 Å². The topological polar surface area (TPSA) is 46.0 Å². The molecule has 18 heavy (non-hydrogen) atoms. The Morgan fingerprint density at radius 3 is 2.11 bits per heavy atom. The van der Waals surface area contributed by atoms with Crippen molar-refractivity contribution < 1.29 is 15.2 Å². The van der Waals surface area contributed by atoms with Crippen LogP contribution in [0.2, 0.25) is 0 Å². The highest BCUT2D eigenvalue weighted by Gasteiger charge is 2.64. The van der Waals surface area contributed by atoms with Crippen molar-refractivity contribution >= 4 is 5.84 Å². The number of benzene rings is 1. The van der Waals surface area contributed by atoms with Crippen molar-refractivity contribution in [2.75, 3.05) is 0 Å². The second-order valence-corrected chi connectivity index (χ2v) is 5.85. The first kappa shape index (κ1) is 12.9. The average molecular weight is 247 g/mol. The van der Waals surface area contributed by atoms with Crippen molar-refractivity contribution in [3.63, 3.8) is 0 Å². The second kappa shape index (κ2) is 3.72. The number of nitrogens with zero attached hydrogens (tertiary/aromatic N) is 2. The van der Waals surface area contributed by atoms with Gasteiger partial charge in [0.2, 0.25) is 0 Å². The zero-order chi connectivity index (χ0) is 13.7. The van der Waals surface area contributed by atoms with Crippen LogP contribution < -0.4 is 0 Å². The molecule has 0 N–H and O–H groups in total. The Labute approximate surface area is 108 Å². The van der Waals surface area contributed by atoms with Gasteiger partial charge in [-0.15, -0.1) is 0 Å². The van der Waals surface area contributed by atoms with Crippen molar-refractivity contribution in [2.45, 2.75) is 45.7 Å². The first-order valence-electron chi connectivity index (χ1n) is 6.09. The van der Waals surface area contributed by atoms with E-state index in [2.05, 4.69) is 0 Å². The number of hydroxylamine groups is 3. The molecule has 0 saturated heterocycles. The highest BCUT2D eigenvalue weighted by Crippen LogP contribution is 2.37. The quantitative estimate of drug-likeness (QED) is 0.702. The molecule has 0 aliphatic carbocycles. The van der Waals surface area contributed by atoms with E-state index in [1.807, 2.05) is 31.2 Å². The monoisotopic (exact) mass is 247 g/mol. The van der Waals surface area contributed by atoms with Crippen molar-refractivity contribution in [2.24, 2.45) is 0 Å². The van der Waals surface area contributed by atoms with Gasteiger partial charge in [0.25, 0.3) is 0 Å². The Bertz CT molecular complexity index is 518. The molecule has 2 rings (SSSR count). The van der Waals surface area contributed by atoms with Crippen LogP contribution in [0.4, 0.5) is 0 Å². The maximum Gasteiger partial charge on any atom is 0.357 e. The molecule has 1 aromatic rings. The first-order chi connectivity index (χ1) is 8.21. The fourth-order valence-corrected chi connectivity index (χ4v) is 2.15. The summed E-state index contributed by atoms with van der Waals surface area (Å²) in [5.41, 5.74) is 0.127. The van der Waals surface area contributed by atoms with Gasteiger partial charge in [-0.3, -0.25) is 0 Å². The minimum absolute atomic E-state index is 0.211. The SMILES string of the molecule is Cc1ccccc1C1=[N+]([O])C(C)(C)C(C)(C)N1[O]. The van der Waals surface area contributed by atoms with Gasteiger partial charge in [0.1, 0.15) is 0 Å². The number of amidine groups is 1. The average Bonchev–Trinajstić information content (AvgIpc) is 2.40. The molecule has 0 amide bonds. The van der Waals surface area contributed by atoms with Gasteiger partial charge in [-0.2, -0.15) is 0 Å². The highest BCUT2D eigenvalue weighted by molar-refractivity contribution is 5.96. The van der Waals surface area contributed by atoms with Crippen LogP contribution in [0.3, 0.4) is 0 Å². The largest absolute Gasteiger partial charge is 0.357 e. The van der Waals surface area contributed by atoms with Gasteiger partial charge in [0.05, 0.1) is 5.56 Å². The molecule has 4 heteroatoms. The smallest absolute Gasteiger partial charge is 0.0656 e. The molecule has 1 aliphatic rings. The molecule has 96 valence electrons. The molecule has 2 radical (unpaired) electrons. The molecule has 0 bridgehead atoms. The van der Waals surface area contributed by atoms with E-state index in [4.69, 9.17) is 0 Å². The summed E-state index contributed by atoms with van der Waals surface area (Å²) in [5.74, 6) is 0.211. The number of rotatable bonds is 1. The van der Waals surface area contributed by atoms with Crippen LogP contribution in [0.15, 0.2) is 24.3 Å². The fourth-order valence-electron chi connectivity index (χ4n) is 2.15. The first-order valence-corrected chi connectivity index (χ1v) is 6.09. The molecular weight excluding hydrogens is 228 g/mol. The second-order valence-electron chi connectivity index (χ2n) is 5.85. The predicted octanol–water partition coefficient (Wildman–Crippen LogP) is 2.32. The summed E-state index contributed by atoms with van der Waals surface area (Å²) in [4.78, 5) is 0. The van der Waals surface area contributed by atoms with Crippen LogP contribution in [0.1, 0.15) is 38.8 Å². The van der Waals surface area contributed by atoms with Gasteiger partial charge < -0.3 is 0 Å². The summed E-state index contributed by atoms with van der Waals surface area (Å²) in [7, 11) is 0. The lowest BCUT2D eigenvalue weighted by atomic mass is 9.84. The summed E-state index contributed by atoms with van der Waals surface area (Å²) in [6, 6.07) is 7.46. The molecule has 0 saturated carbocycles. The molecule has 1 heterocycles. The highest BCUT2D eigenvalue weighted by atomic mass is 16.5. The summed E-state index contributed by atoms with van der Waals surface area (Å²) in [6.07, 6.45) is 0. The van der Waals surface area contributed by atoms with Gasteiger partial charge in [-0.05, 0) is 51.0 Å². The number of aryl methyl sites for hydroxylation is 1. The lowest BCUT2D eigenvalue weighted by Crippen LogP contribution is -2.53. The molecule has 1 aliphatic heterocycles. The maximum atomic E-state index is 12.4. The van der Waals surface area contributed by atoms with Crippen molar-refractivity contribution in [1.82, 2.24) is 5.06 Å². The lowest BCUT2D eigenvalue weighted by Gasteiger charge is -2.27. The van der Waals surface area contributed by atoms with E-state index in [1.165, 1.54) is 0 Å². The standard InChI is InChI=1S/C14H19N2O2/c1-10-8-6-7-9-11(10)12-15(17)13(2,3)14(4,5)16(12)18/h6-9H,1-5H3/q+1. The molecule has 4 nitrogen and oxygen atoms in total. The van der Waals surface area contributed by atoms with E-state index in [0.717, 1.165) is 15.4 Å². The van der Waals surface area contributed by atoms with Gasteiger partial charge in [0.15, 0.2) is 11.1 Å². The molecule has 0 aromatic heterocycles. The predicted molar refractivity (Wildman–Crippen MR) is 66.9 cm³/mol. The van der Waals surface area contributed by atoms with Crippen LogP contribution in [0.5, 0.6) is 0 Å². The summed E-state index contributed by atoms with van der Waals surface area (Å²) >= 11 is 0. The van der Waals surface area contributed by atoms with E-state index in [1.54, 1.807) is 27.7 Å². The molecule has 0 spiro atoms. The van der Waals surface area contributed by atoms with E-state index < -0.39 is 11.1 Å². The van der Waals surface area contributed by atoms with Crippen molar-refractivity contribution in [3.8, 4) is 0 Å². The minimum atomic E-state index is -0.758. The summed E-state index contributed by atoms with van der Waals surface area (Å²) < 4.78 is 0.850. The number of hydrogen-bond acceptors (Lipinski definition) is 1. The Morgan fingerprint density at radius 1 is 1.11 bits per heavy atom. The third-order valence-electron chi connectivity index (χ3n) is 4.28. The third-order valence-corrected chi connectivity index (χ3v) is 4.28. The molecule has 0 unspecified atom stereocenters. The Balaban J connectivity index is 2.66. The molecule has 0 fully saturated rings. The fraction of sp³-hybridized carbons (Fsp3) is 0.500. The van der Waals surface area contributed by atoms with E-state index in [0.29, 0.717) is 5.56 Å². The van der Waals surface area contributed by atoms with Crippen LogP contribution in [0, 0.1) is 6.92 Å². The van der Waals surface area contributed by atoms with Gasteiger partial charge in [0, 0.05) is 5.21 Å².